The second-order valence-electron chi connectivity index (χ2n) is 5.69. The van der Waals surface area contributed by atoms with Gasteiger partial charge >= 0.3 is 0 Å². The topological polar surface area (TPSA) is 15.3 Å². The average Bonchev–Trinajstić information content (AvgIpc) is 2.45. The zero-order valence-corrected chi connectivity index (χ0v) is 13.2. The zero-order chi connectivity index (χ0) is 15.4. The molecule has 0 bridgehead atoms. The summed E-state index contributed by atoms with van der Waals surface area (Å²) in [6.45, 7) is 7.26. The maximum Gasteiger partial charge on any atom is 0.125 e. The van der Waals surface area contributed by atoms with Crippen LogP contribution in [0.15, 0.2) is 42.5 Å². The Morgan fingerprint density at radius 3 is 2.43 bits per heavy atom. The maximum absolute atomic E-state index is 13.3. The summed E-state index contributed by atoms with van der Waals surface area (Å²) in [4.78, 5) is 2.00. The summed E-state index contributed by atoms with van der Waals surface area (Å²) in [6.07, 6.45) is 0. The molecule has 0 atom stereocenters. The number of anilines is 2. The van der Waals surface area contributed by atoms with Crippen molar-refractivity contribution in [3.05, 3.63) is 59.4 Å². The lowest BCUT2D eigenvalue weighted by Crippen LogP contribution is -2.22. The van der Waals surface area contributed by atoms with Gasteiger partial charge in [0, 0.05) is 31.0 Å². The number of benzene rings is 2. The van der Waals surface area contributed by atoms with Crippen molar-refractivity contribution in [2.45, 2.75) is 33.4 Å². The van der Waals surface area contributed by atoms with E-state index in [0.29, 0.717) is 6.04 Å². The summed E-state index contributed by atoms with van der Waals surface area (Å²) in [7, 11) is 1.95. The number of halogens is 1. The molecule has 0 aliphatic carbocycles. The van der Waals surface area contributed by atoms with Crippen LogP contribution < -0.4 is 10.2 Å². The van der Waals surface area contributed by atoms with Gasteiger partial charge in [-0.25, -0.2) is 4.39 Å². The van der Waals surface area contributed by atoms with Crippen molar-refractivity contribution in [3.63, 3.8) is 0 Å². The van der Waals surface area contributed by atoms with Crippen LogP contribution in [0, 0.1) is 12.7 Å². The van der Waals surface area contributed by atoms with E-state index < -0.39 is 0 Å². The van der Waals surface area contributed by atoms with Crippen molar-refractivity contribution in [3.8, 4) is 0 Å². The van der Waals surface area contributed by atoms with Crippen LogP contribution in [0.2, 0.25) is 0 Å². The minimum Gasteiger partial charge on any atom is -0.345 e. The summed E-state index contributed by atoms with van der Waals surface area (Å²) in [5, 5.41) is 3.43. The van der Waals surface area contributed by atoms with E-state index in [1.54, 1.807) is 12.1 Å². The molecule has 1 N–H and O–H groups in total. The van der Waals surface area contributed by atoms with E-state index in [4.69, 9.17) is 0 Å². The number of aryl methyl sites for hydroxylation is 1. The number of hydrogen-bond donors (Lipinski definition) is 1. The van der Waals surface area contributed by atoms with E-state index in [9.17, 15) is 4.39 Å². The van der Waals surface area contributed by atoms with E-state index in [2.05, 4.69) is 44.3 Å². The Morgan fingerprint density at radius 2 is 1.81 bits per heavy atom. The third kappa shape index (κ3) is 4.05. The minimum atomic E-state index is -0.214. The largest absolute Gasteiger partial charge is 0.345 e. The van der Waals surface area contributed by atoms with E-state index in [-0.39, 0.29) is 5.82 Å². The Morgan fingerprint density at radius 1 is 1.10 bits per heavy atom. The fraction of sp³-hybridized carbons (Fsp3) is 0.333. The predicted molar refractivity (Wildman–Crippen MR) is 87.6 cm³/mol. The van der Waals surface area contributed by atoms with Crippen LogP contribution >= 0.6 is 0 Å². The van der Waals surface area contributed by atoms with Crippen molar-refractivity contribution in [1.29, 1.82) is 0 Å². The van der Waals surface area contributed by atoms with E-state index in [1.165, 1.54) is 17.2 Å². The Kier molecular flexibility index (Phi) is 4.97. The molecule has 0 aliphatic rings. The molecule has 0 saturated heterocycles. The van der Waals surface area contributed by atoms with E-state index in [0.717, 1.165) is 17.9 Å². The molecule has 0 heterocycles. The lowest BCUT2D eigenvalue weighted by Gasteiger charge is -2.21. The summed E-state index contributed by atoms with van der Waals surface area (Å²) in [6, 6.07) is 13.5. The molecule has 0 aliphatic heterocycles. The fourth-order valence-corrected chi connectivity index (χ4v) is 2.23. The SMILES string of the molecule is Cc1cc(N(C)c2cccc(F)c2)ccc1CNC(C)C. The summed E-state index contributed by atoms with van der Waals surface area (Å²) in [5.74, 6) is -0.214. The molecule has 3 heteroatoms. The highest BCUT2D eigenvalue weighted by molar-refractivity contribution is 5.63. The number of nitrogens with zero attached hydrogens (tertiary/aromatic N) is 1. The van der Waals surface area contributed by atoms with E-state index >= 15 is 0 Å². The Bertz CT molecular complexity index is 608. The molecular formula is C18H23FN2. The first kappa shape index (κ1) is 15.5. The van der Waals surface area contributed by atoms with Gasteiger partial charge in [0.05, 0.1) is 0 Å². The van der Waals surface area contributed by atoms with Gasteiger partial charge in [0.15, 0.2) is 0 Å². The number of nitrogens with one attached hydrogen (secondary N) is 1. The van der Waals surface area contributed by atoms with Crippen molar-refractivity contribution in [1.82, 2.24) is 5.32 Å². The van der Waals surface area contributed by atoms with Gasteiger partial charge in [-0.2, -0.15) is 0 Å². The summed E-state index contributed by atoms with van der Waals surface area (Å²) in [5.41, 5.74) is 4.44. The fourth-order valence-electron chi connectivity index (χ4n) is 2.23. The molecule has 0 fully saturated rings. The standard InChI is InChI=1S/C18H23FN2/c1-13(2)20-12-15-8-9-18(10-14(15)3)21(4)17-7-5-6-16(19)11-17/h5-11,13,20H,12H2,1-4H3. The molecule has 2 aromatic rings. The lowest BCUT2D eigenvalue weighted by atomic mass is 10.1. The smallest absolute Gasteiger partial charge is 0.125 e. The highest BCUT2D eigenvalue weighted by Gasteiger charge is 2.07. The molecule has 2 rings (SSSR count). The van der Waals surface area contributed by atoms with Crippen LogP contribution in [0.25, 0.3) is 0 Å². The molecule has 2 aromatic carbocycles. The van der Waals surface area contributed by atoms with Crippen LogP contribution in [0.3, 0.4) is 0 Å². The van der Waals surface area contributed by atoms with Crippen LogP contribution in [-0.4, -0.2) is 13.1 Å². The van der Waals surface area contributed by atoms with Crippen molar-refractivity contribution in [2.24, 2.45) is 0 Å². The molecule has 0 aromatic heterocycles. The van der Waals surface area contributed by atoms with Gasteiger partial charge < -0.3 is 10.2 Å². The number of hydrogen-bond acceptors (Lipinski definition) is 2. The van der Waals surface area contributed by atoms with Crippen LogP contribution in [0.5, 0.6) is 0 Å². The van der Waals surface area contributed by atoms with Gasteiger partial charge in [-0.05, 0) is 48.4 Å². The Labute approximate surface area is 126 Å². The molecule has 0 radical (unpaired) electrons. The molecular weight excluding hydrogens is 263 g/mol. The zero-order valence-electron chi connectivity index (χ0n) is 13.2. The monoisotopic (exact) mass is 286 g/mol. The van der Waals surface area contributed by atoms with Gasteiger partial charge in [-0.3, -0.25) is 0 Å². The van der Waals surface area contributed by atoms with Crippen molar-refractivity contribution < 1.29 is 4.39 Å². The van der Waals surface area contributed by atoms with Crippen LogP contribution in [0.1, 0.15) is 25.0 Å². The Hall–Kier alpha value is -1.87. The second-order valence-corrected chi connectivity index (χ2v) is 5.69. The van der Waals surface area contributed by atoms with E-state index in [1.807, 2.05) is 18.0 Å². The van der Waals surface area contributed by atoms with Gasteiger partial charge in [0.2, 0.25) is 0 Å². The molecule has 0 spiro atoms. The average molecular weight is 286 g/mol. The Balaban J connectivity index is 2.19. The highest BCUT2D eigenvalue weighted by atomic mass is 19.1. The molecule has 0 saturated carbocycles. The molecule has 2 nitrogen and oxygen atoms in total. The third-order valence-electron chi connectivity index (χ3n) is 3.61. The normalized spacial score (nSPS) is 11.0. The second kappa shape index (κ2) is 6.72. The third-order valence-corrected chi connectivity index (χ3v) is 3.61. The molecule has 0 unspecified atom stereocenters. The van der Waals surface area contributed by atoms with Crippen LogP contribution in [-0.2, 0) is 6.54 Å². The van der Waals surface area contributed by atoms with Crippen molar-refractivity contribution in [2.75, 3.05) is 11.9 Å². The van der Waals surface area contributed by atoms with Gasteiger partial charge in [0.25, 0.3) is 0 Å². The van der Waals surface area contributed by atoms with Gasteiger partial charge in [-0.1, -0.05) is 26.0 Å². The maximum atomic E-state index is 13.3. The molecule has 21 heavy (non-hydrogen) atoms. The van der Waals surface area contributed by atoms with Gasteiger partial charge in [0.1, 0.15) is 5.82 Å². The lowest BCUT2D eigenvalue weighted by molar-refractivity contribution is 0.587. The first-order valence-corrected chi connectivity index (χ1v) is 7.29. The number of rotatable bonds is 5. The summed E-state index contributed by atoms with van der Waals surface area (Å²) >= 11 is 0. The predicted octanol–water partition coefficient (Wildman–Crippen LogP) is 4.40. The quantitative estimate of drug-likeness (QED) is 0.876. The van der Waals surface area contributed by atoms with Crippen molar-refractivity contribution >= 4 is 11.4 Å². The molecule has 0 amide bonds. The first-order chi connectivity index (χ1) is 9.97. The molecule has 112 valence electrons. The van der Waals surface area contributed by atoms with Crippen LogP contribution in [0.4, 0.5) is 15.8 Å². The minimum absolute atomic E-state index is 0.214. The highest BCUT2D eigenvalue weighted by Crippen LogP contribution is 2.26. The summed E-state index contributed by atoms with van der Waals surface area (Å²) < 4.78 is 13.3. The first-order valence-electron chi connectivity index (χ1n) is 7.29. The van der Waals surface area contributed by atoms with Gasteiger partial charge in [-0.15, -0.1) is 0 Å².